The van der Waals surface area contributed by atoms with E-state index in [0.717, 1.165) is 0 Å². The lowest BCUT2D eigenvalue weighted by molar-refractivity contribution is 0.0696. The van der Waals surface area contributed by atoms with Gasteiger partial charge < -0.3 is 5.11 Å². The third kappa shape index (κ3) is 5.81. The fourth-order valence-corrected chi connectivity index (χ4v) is 4.04. The molecule has 0 saturated carbocycles. The summed E-state index contributed by atoms with van der Waals surface area (Å²) in [5.74, 6) is -1.18. The third-order valence-electron chi connectivity index (χ3n) is 2.40. The summed E-state index contributed by atoms with van der Waals surface area (Å²) >= 11 is 0. The van der Waals surface area contributed by atoms with E-state index < -0.39 is 32.8 Å². The van der Waals surface area contributed by atoms with Crippen LogP contribution in [0.25, 0.3) is 0 Å². The van der Waals surface area contributed by atoms with Crippen LogP contribution < -0.4 is 4.72 Å². The van der Waals surface area contributed by atoms with Crippen molar-refractivity contribution >= 4 is 26.8 Å². The van der Waals surface area contributed by atoms with Crippen LogP contribution in [0.4, 0.5) is 0 Å². The Balaban J connectivity index is 2.78. The van der Waals surface area contributed by atoms with Crippen LogP contribution in [0, 0.1) is 0 Å². The monoisotopic (exact) mass is 319 g/mol. The predicted molar refractivity (Wildman–Crippen MR) is 77.6 cm³/mol. The molecule has 20 heavy (non-hydrogen) atoms. The average molecular weight is 319 g/mol. The number of nitrogens with one attached hydrogen (secondary N) is 1. The van der Waals surface area contributed by atoms with Crippen molar-refractivity contribution in [1.29, 1.82) is 0 Å². The second-order valence-corrected chi connectivity index (χ2v) is 7.76. The number of aromatic carboxylic acids is 1. The Bertz CT molecular complexity index is 612. The first-order valence-electron chi connectivity index (χ1n) is 5.82. The number of carboxylic acid groups (broad SMARTS) is 1. The molecule has 0 saturated heterocycles. The van der Waals surface area contributed by atoms with Crippen LogP contribution in [-0.4, -0.2) is 41.8 Å². The zero-order valence-electron chi connectivity index (χ0n) is 11.2. The minimum Gasteiger partial charge on any atom is -0.478 e. The molecule has 0 heterocycles. The topological polar surface area (TPSA) is 101 Å². The zero-order valence-corrected chi connectivity index (χ0v) is 12.8. The van der Waals surface area contributed by atoms with Gasteiger partial charge in [-0.05, 0) is 24.6 Å². The van der Waals surface area contributed by atoms with Gasteiger partial charge in [0.05, 0.1) is 11.3 Å². The molecule has 8 heteroatoms. The molecule has 1 aromatic carbocycles. The van der Waals surface area contributed by atoms with E-state index in [2.05, 4.69) is 4.72 Å². The van der Waals surface area contributed by atoms with Gasteiger partial charge in [0.2, 0.25) is 10.0 Å². The summed E-state index contributed by atoms with van der Waals surface area (Å²) in [6.45, 7) is 1.63. The van der Waals surface area contributed by atoms with Crippen LogP contribution >= 0.6 is 0 Å². The Hall–Kier alpha value is -1.25. The molecular weight excluding hydrogens is 302 g/mol. The van der Waals surface area contributed by atoms with Gasteiger partial charge in [-0.2, -0.15) is 0 Å². The molecule has 6 nitrogen and oxygen atoms in total. The van der Waals surface area contributed by atoms with Crippen molar-refractivity contribution in [1.82, 2.24) is 4.72 Å². The maximum atomic E-state index is 11.9. The van der Waals surface area contributed by atoms with E-state index in [1.807, 2.05) is 0 Å². The number of hydrogen-bond donors (Lipinski definition) is 2. The number of sulfonamides is 1. The fraction of sp³-hybridized carbons (Fsp3) is 0.417. The van der Waals surface area contributed by atoms with Gasteiger partial charge in [0.15, 0.2) is 0 Å². The Labute approximate surface area is 120 Å². The second kappa shape index (κ2) is 6.96. The molecule has 2 unspecified atom stereocenters. The maximum absolute atomic E-state index is 11.9. The highest BCUT2D eigenvalue weighted by Crippen LogP contribution is 2.09. The van der Waals surface area contributed by atoms with E-state index >= 15 is 0 Å². The van der Waals surface area contributed by atoms with Crippen molar-refractivity contribution in [3.63, 3.8) is 0 Å². The lowest BCUT2D eigenvalue weighted by atomic mass is 10.1. The van der Waals surface area contributed by atoms with Gasteiger partial charge in [-0.3, -0.25) is 4.21 Å². The first-order chi connectivity index (χ1) is 9.19. The van der Waals surface area contributed by atoms with E-state index in [1.54, 1.807) is 13.0 Å². The fourth-order valence-electron chi connectivity index (χ4n) is 1.75. The van der Waals surface area contributed by atoms with Gasteiger partial charge in [-0.1, -0.05) is 12.1 Å². The summed E-state index contributed by atoms with van der Waals surface area (Å²) in [6.07, 6.45) is 1.50. The molecule has 0 amide bonds. The van der Waals surface area contributed by atoms with Crippen molar-refractivity contribution in [2.45, 2.75) is 18.7 Å². The maximum Gasteiger partial charge on any atom is 0.335 e. The number of benzene rings is 1. The van der Waals surface area contributed by atoms with Crippen LogP contribution in [0.3, 0.4) is 0 Å². The van der Waals surface area contributed by atoms with E-state index in [-0.39, 0.29) is 17.1 Å². The van der Waals surface area contributed by atoms with Gasteiger partial charge >= 0.3 is 5.97 Å². The first kappa shape index (κ1) is 16.8. The standard InChI is InChI=1S/C12H17NO5S2/c1-9(7-19(2)16)13-20(17,18)8-10-4-3-5-11(6-10)12(14)15/h3-6,9,13H,7-8H2,1-2H3,(H,14,15). The molecule has 0 spiro atoms. The van der Waals surface area contributed by atoms with Gasteiger partial charge in [-0.15, -0.1) is 0 Å². The van der Waals surface area contributed by atoms with Crippen molar-refractivity contribution in [2.24, 2.45) is 0 Å². The summed E-state index contributed by atoms with van der Waals surface area (Å²) in [5, 5.41) is 8.85. The first-order valence-corrected chi connectivity index (χ1v) is 9.20. The van der Waals surface area contributed by atoms with Crippen LogP contribution in [0.1, 0.15) is 22.8 Å². The van der Waals surface area contributed by atoms with Gasteiger partial charge in [0.25, 0.3) is 0 Å². The molecule has 1 aromatic rings. The lowest BCUT2D eigenvalue weighted by Gasteiger charge is -2.13. The van der Waals surface area contributed by atoms with Crippen molar-refractivity contribution in [2.75, 3.05) is 12.0 Å². The highest BCUT2D eigenvalue weighted by atomic mass is 32.2. The van der Waals surface area contributed by atoms with Crippen molar-refractivity contribution < 1.29 is 22.5 Å². The molecule has 0 aliphatic rings. The number of carboxylic acids is 1. The third-order valence-corrected chi connectivity index (χ3v) is 4.84. The summed E-state index contributed by atoms with van der Waals surface area (Å²) in [6, 6.07) is 5.33. The molecule has 0 aliphatic heterocycles. The summed E-state index contributed by atoms with van der Waals surface area (Å²) in [5.41, 5.74) is 0.433. The van der Waals surface area contributed by atoms with Crippen LogP contribution in [0.15, 0.2) is 24.3 Å². The largest absolute Gasteiger partial charge is 0.478 e. The Morgan fingerprint density at radius 1 is 1.45 bits per heavy atom. The highest BCUT2D eigenvalue weighted by molar-refractivity contribution is 7.88. The summed E-state index contributed by atoms with van der Waals surface area (Å²) in [7, 11) is -4.69. The Kier molecular flexibility index (Phi) is 5.85. The molecule has 0 fully saturated rings. The molecule has 112 valence electrons. The van der Waals surface area contributed by atoms with E-state index in [1.165, 1.54) is 24.5 Å². The SMILES string of the molecule is CC(CS(C)=O)NS(=O)(=O)Cc1cccc(C(=O)O)c1. The van der Waals surface area contributed by atoms with Gasteiger partial charge in [0.1, 0.15) is 0 Å². The predicted octanol–water partition coefficient (Wildman–Crippen LogP) is 0.571. The lowest BCUT2D eigenvalue weighted by Crippen LogP contribution is -2.36. The summed E-state index contributed by atoms with van der Waals surface area (Å²) in [4.78, 5) is 10.8. The summed E-state index contributed by atoms with van der Waals surface area (Å²) < 4.78 is 37.3. The Morgan fingerprint density at radius 2 is 2.10 bits per heavy atom. The van der Waals surface area contributed by atoms with E-state index in [0.29, 0.717) is 5.56 Å². The van der Waals surface area contributed by atoms with E-state index in [9.17, 15) is 17.4 Å². The van der Waals surface area contributed by atoms with Crippen LogP contribution in [0.2, 0.25) is 0 Å². The molecular formula is C12H17NO5S2. The number of carbonyl (C=O) groups is 1. The van der Waals surface area contributed by atoms with Gasteiger partial charge in [0, 0.05) is 28.9 Å². The minimum atomic E-state index is -3.60. The molecule has 0 radical (unpaired) electrons. The molecule has 0 aromatic heterocycles. The molecule has 1 rings (SSSR count). The molecule has 2 N–H and O–H groups in total. The van der Waals surface area contributed by atoms with Crippen LogP contribution in [-0.2, 0) is 26.6 Å². The normalized spacial score (nSPS) is 14.7. The van der Waals surface area contributed by atoms with Crippen molar-refractivity contribution in [3.05, 3.63) is 35.4 Å². The quantitative estimate of drug-likeness (QED) is 0.765. The van der Waals surface area contributed by atoms with E-state index in [4.69, 9.17) is 5.11 Å². The molecule has 2 atom stereocenters. The molecule has 0 bridgehead atoms. The smallest absolute Gasteiger partial charge is 0.335 e. The highest BCUT2D eigenvalue weighted by Gasteiger charge is 2.17. The zero-order chi connectivity index (χ0) is 15.3. The van der Waals surface area contributed by atoms with Crippen molar-refractivity contribution in [3.8, 4) is 0 Å². The number of rotatable bonds is 7. The molecule has 0 aliphatic carbocycles. The van der Waals surface area contributed by atoms with Gasteiger partial charge in [-0.25, -0.2) is 17.9 Å². The minimum absolute atomic E-state index is 0.0420. The average Bonchev–Trinajstić information content (AvgIpc) is 2.26. The second-order valence-electron chi connectivity index (χ2n) is 4.52. The number of hydrogen-bond acceptors (Lipinski definition) is 4. The Morgan fingerprint density at radius 3 is 2.65 bits per heavy atom. The van der Waals surface area contributed by atoms with Crippen LogP contribution in [0.5, 0.6) is 0 Å².